The van der Waals surface area contributed by atoms with Crippen LogP contribution in [0, 0.1) is 13.8 Å². The van der Waals surface area contributed by atoms with E-state index in [9.17, 15) is 4.79 Å². The predicted octanol–water partition coefficient (Wildman–Crippen LogP) is 2.83. The van der Waals surface area contributed by atoms with Crippen molar-refractivity contribution in [1.82, 2.24) is 10.3 Å². The van der Waals surface area contributed by atoms with Gasteiger partial charge >= 0.3 is 0 Å². The Hall–Kier alpha value is -1.88. The fourth-order valence-corrected chi connectivity index (χ4v) is 2.60. The fourth-order valence-electron chi connectivity index (χ4n) is 1.79. The number of nitrogens with one attached hydrogen (secondary N) is 1. The van der Waals surface area contributed by atoms with Crippen LogP contribution in [-0.2, 0) is 0 Å². The van der Waals surface area contributed by atoms with Gasteiger partial charge in [0.05, 0.1) is 6.04 Å². The van der Waals surface area contributed by atoms with Gasteiger partial charge < -0.3 is 11.1 Å². The van der Waals surface area contributed by atoms with Gasteiger partial charge in [0.15, 0.2) is 0 Å². The molecule has 1 aromatic heterocycles. The SMILES string of the molecule is Cc1csc(C(C)NC(=O)c2cc(N)ccc2C)n1. The zero-order valence-corrected chi connectivity index (χ0v) is 12.0. The third kappa shape index (κ3) is 3.12. The van der Waals surface area contributed by atoms with E-state index in [1.54, 1.807) is 23.5 Å². The number of nitrogen functional groups attached to an aromatic ring is 1. The number of nitrogens with zero attached hydrogens (tertiary/aromatic N) is 1. The Morgan fingerprint density at radius 2 is 2.16 bits per heavy atom. The summed E-state index contributed by atoms with van der Waals surface area (Å²) in [6.07, 6.45) is 0. The second-order valence-corrected chi connectivity index (χ2v) is 5.49. The molecule has 1 aromatic carbocycles. The molecule has 0 aliphatic heterocycles. The van der Waals surface area contributed by atoms with Crippen LogP contribution in [-0.4, -0.2) is 10.9 Å². The number of aromatic nitrogens is 1. The first-order valence-corrected chi connectivity index (χ1v) is 6.94. The number of hydrogen-bond donors (Lipinski definition) is 2. The third-order valence-corrected chi connectivity index (χ3v) is 4.01. The van der Waals surface area contributed by atoms with Crippen LogP contribution in [0.3, 0.4) is 0 Å². The van der Waals surface area contributed by atoms with Gasteiger partial charge in [-0.2, -0.15) is 0 Å². The van der Waals surface area contributed by atoms with Crippen LogP contribution in [0.15, 0.2) is 23.6 Å². The van der Waals surface area contributed by atoms with E-state index < -0.39 is 0 Å². The van der Waals surface area contributed by atoms with Gasteiger partial charge in [0.25, 0.3) is 5.91 Å². The molecule has 2 aromatic rings. The molecule has 4 nitrogen and oxygen atoms in total. The highest BCUT2D eigenvalue weighted by molar-refractivity contribution is 7.09. The Morgan fingerprint density at radius 3 is 2.79 bits per heavy atom. The van der Waals surface area contributed by atoms with E-state index >= 15 is 0 Å². The Balaban J connectivity index is 2.15. The molecule has 100 valence electrons. The molecular formula is C14H17N3OS. The molecule has 5 heteroatoms. The minimum absolute atomic E-state index is 0.105. The van der Waals surface area contributed by atoms with E-state index in [0.717, 1.165) is 16.3 Å². The van der Waals surface area contributed by atoms with Gasteiger partial charge in [-0.15, -0.1) is 11.3 Å². The van der Waals surface area contributed by atoms with Gasteiger partial charge in [-0.05, 0) is 38.5 Å². The molecule has 0 bridgehead atoms. The molecule has 0 fully saturated rings. The number of aryl methyl sites for hydroxylation is 2. The minimum atomic E-state index is -0.120. The van der Waals surface area contributed by atoms with Crippen LogP contribution in [0.25, 0.3) is 0 Å². The smallest absolute Gasteiger partial charge is 0.252 e. The molecule has 2 rings (SSSR count). The standard InChI is InChI=1S/C14H17N3OS/c1-8-4-5-11(15)6-12(8)13(18)17-10(3)14-16-9(2)7-19-14/h4-7,10H,15H2,1-3H3,(H,17,18). The lowest BCUT2D eigenvalue weighted by atomic mass is 10.1. The number of thiazole rings is 1. The molecule has 0 aliphatic carbocycles. The summed E-state index contributed by atoms with van der Waals surface area (Å²) in [5, 5.41) is 5.83. The first-order chi connectivity index (χ1) is 8.97. The van der Waals surface area contributed by atoms with Crippen LogP contribution in [0.4, 0.5) is 5.69 Å². The Labute approximate surface area is 116 Å². The summed E-state index contributed by atoms with van der Waals surface area (Å²) in [6, 6.07) is 5.24. The van der Waals surface area contributed by atoms with Gasteiger partial charge in [0.1, 0.15) is 5.01 Å². The predicted molar refractivity (Wildman–Crippen MR) is 78.3 cm³/mol. The molecule has 0 aliphatic rings. The van der Waals surface area contributed by atoms with Gasteiger partial charge in [-0.25, -0.2) is 4.98 Å². The zero-order valence-electron chi connectivity index (χ0n) is 11.2. The fraction of sp³-hybridized carbons (Fsp3) is 0.286. The number of anilines is 1. The highest BCUT2D eigenvalue weighted by Crippen LogP contribution is 2.19. The Bertz CT molecular complexity index is 606. The van der Waals surface area contributed by atoms with Crippen LogP contribution in [0.5, 0.6) is 0 Å². The summed E-state index contributed by atoms with van der Waals surface area (Å²) in [5.41, 5.74) is 8.81. The van der Waals surface area contributed by atoms with E-state index in [4.69, 9.17) is 5.73 Å². The average molecular weight is 275 g/mol. The van der Waals surface area contributed by atoms with Crippen molar-refractivity contribution in [3.05, 3.63) is 45.4 Å². The summed E-state index contributed by atoms with van der Waals surface area (Å²) >= 11 is 1.55. The van der Waals surface area contributed by atoms with E-state index in [1.165, 1.54) is 0 Å². The number of hydrogen-bond acceptors (Lipinski definition) is 4. The lowest BCUT2D eigenvalue weighted by Gasteiger charge is -2.13. The Morgan fingerprint density at radius 1 is 1.42 bits per heavy atom. The number of nitrogens with two attached hydrogens (primary N) is 1. The van der Waals surface area contributed by atoms with Gasteiger partial charge in [-0.3, -0.25) is 4.79 Å². The van der Waals surface area contributed by atoms with Crippen molar-refractivity contribution < 1.29 is 4.79 Å². The van der Waals surface area contributed by atoms with Gasteiger partial charge in [0, 0.05) is 22.3 Å². The minimum Gasteiger partial charge on any atom is -0.399 e. The van der Waals surface area contributed by atoms with Crippen molar-refractivity contribution in [3.63, 3.8) is 0 Å². The molecule has 0 saturated heterocycles. The first kappa shape index (κ1) is 13.5. The Kier molecular flexibility index (Phi) is 3.85. The maximum Gasteiger partial charge on any atom is 0.252 e. The summed E-state index contributed by atoms with van der Waals surface area (Å²) < 4.78 is 0. The molecule has 0 spiro atoms. The second-order valence-electron chi connectivity index (χ2n) is 4.60. The highest BCUT2D eigenvalue weighted by Gasteiger charge is 2.15. The lowest BCUT2D eigenvalue weighted by Crippen LogP contribution is -2.27. The number of carbonyl (C=O) groups excluding carboxylic acids is 1. The van der Waals surface area contributed by atoms with E-state index in [0.29, 0.717) is 11.3 Å². The summed E-state index contributed by atoms with van der Waals surface area (Å²) in [6.45, 7) is 5.76. The van der Waals surface area contributed by atoms with E-state index in [1.807, 2.05) is 32.2 Å². The molecule has 0 saturated carbocycles. The second kappa shape index (κ2) is 5.40. The normalized spacial score (nSPS) is 12.2. The topological polar surface area (TPSA) is 68.0 Å². The van der Waals surface area contributed by atoms with E-state index in [-0.39, 0.29) is 11.9 Å². The van der Waals surface area contributed by atoms with Gasteiger partial charge in [0.2, 0.25) is 0 Å². The van der Waals surface area contributed by atoms with Gasteiger partial charge in [-0.1, -0.05) is 6.07 Å². The summed E-state index contributed by atoms with van der Waals surface area (Å²) in [7, 11) is 0. The molecule has 1 atom stereocenters. The number of amides is 1. The average Bonchev–Trinajstić information content (AvgIpc) is 2.79. The van der Waals surface area contributed by atoms with Crippen molar-refractivity contribution >= 4 is 22.9 Å². The van der Waals surface area contributed by atoms with Crippen LogP contribution >= 0.6 is 11.3 Å². The zero-order chi connectivity index (χ0) is 14.0. The number of rotatable bonds is 3. The maximum absolute atomic E-state index is 12.2. The van der Waals surface area contributed by atoms with Crippen LogP contribution < -0.4 is 11.1 Å². The van der Waals surface area contributed by atoms with Crippen molar-refractivity contribution in [1.29, 1.82) is 0 Å². The molecule has 1 heterocycles. The lowest BCUT2D eigenvalue weighted by molar-refractivity contribution is 0.0939. The van der Waals surface area contributed by atoms with Crippen molar-refractivity contribution in [2.24, 2.45) is 0 Å². The molecule has 3 N–H and O–H groups in total. The first-order valence-electron chi connectivity index (χ1n) is 6.06. The monoisotopic (exact) mass is 275 g/mol. The maximum atomic E-state index is 12.2. The van der Waals surface area contributed by atoms with Crippen LogP contribution in [0.1, 0.15) is 39.6 Å². The number of benzene rings is 1. The highest BCUT2D eigenvalue weighted by atomic mass is 32.1. The van der Waals surface area contributed by atoms with E-state index in [2.05, 4.69) is 10.3 Å². The molecule has 0 radical (unpaired) electrons. The number of carbonyl (C=O) groups is 1. The molecule has 19 heavy (non-hydrogen) atoms. The van der Waals surface area contributed by atoms with Crippen molar-refractivity contribution in [2.75, 3.05) is 5.73 Å². The molecular weight excluding hydrogens is 258 g/mol. The van der Waals surface area contributed by atoms with Crippen molar-refractivity contribution in [3.8, 4) is 0 Å². The molecule has 1 unspecified atom stereocenters. The van der Waals surface area contributed by atoms with Crippen molar-refractivity contribution in [2.45, 2.75) is 26.8 Å². The summed E-state index contributed by atoms with van der Waals surface area (Å²) in [5.74, 6) is -0.120. The quantitative estimate of drug-likeness (QED) is 0.846. The van der Waals surface area contributed by atoms with Crippen LogP contribution in [0.2, 0.25) is 0 Å². The summed E-state index contributed by atoms with van der Waals surface area (Å²) in [4.78, 5) is 16.6. The molecule has 1 amide bonds. The largest absolute Gasteiger partial charge is 0.399 e. The third-order valence-electron chi connectivity index (χ3n) is 2.86.